The van der Waals surface area contributed by atoms with Crippen molar-refractivity contribution >= 4 is 5.97 Å². The summed E-state index contributed by atoms with van der Waals surface area (Å²) < 4.78 is 5.08. The maximum Gasteiger partial charge on any atom is 0.333 e. The predicted octanol–water partition coefficient (Wildman–Crippen LogP) is 3.08. The summed E-state index contributed by atoms with van der Waals surface area (Å²) in [6.07, 6.45) is 5.83. The first-order valence-corrected chi connectivity index (χ1v) is 5.08. The number of unbranched alkanes of at least 4 members (excludes halogenated alkanes) is 2. The zero-order valence-corrected chi connectivity index (χ0v) is 8.93. The van der Waals surface area contributed by atoms with Crippen LogP contribution in [0, 0.1) is 0 Å². The first kappa shape index (κ1) is 12.2. The maximum atomic E-state index is 11.3. The van der Waals surface area contributed by atoms with Crippen LogP contribution in [0.15, 0.2) is 11.6 Å². The summed E-state index contributed by atoms with van der Waals surface area (Å²) in [5, 5.41) is 0. The van der Waals surface area contributed by atoms with Crippen LogP contribution in [0.2, 0.25) is 0 Å². The highest BCUT2D eigenvalue weighted by atomic mass is 16.5. The molecule has 0 unspecified atom stereocenters. The van der Waals surface area contributed by atoms with Crippen molar-refractivity contribution in [3.63, 3.8) is 0 Å². The summed E-state index contributed by atoms with van der Waals surface area (Å²) in [5.74, 6) is -0.152. The van der Waals surface area contributed by atoms with Gasteiger partial charge in [0.15, 0.2) is 0 Å². The SMILES string of the molecule is CC=C(CC)C(=O)OCCCCC. The lowest BCUT2D eigenvalue weighted by molar-refractivity contribution is -0.139. The summed E-state index contributed by atoms with van der Waals surface area (Å²) in [6, 6.07) is 0. The topological polar surface area (TPSA) is 26.3 Å². The van der Waals surface area contributed by atoms with Crippen molar-refractivity contribution in [1.82, 2.24) is 0 Å². The number of carbonyl (C=O) groups is 1. The third-order valence-electron chi connectivity index (χ3n) is 1.97. The molecule has 0 fully saturated rings. The van der Waals surface area contributed by atoms with Crippen LogP contribution in [0.4, 0.5) is 0 Å². The molecule has 0 amide bonds. The standard InChI is InChI=1S/C11H20O2/c1-4-7-8-9-13-11(12)10(5-2)6-3/h5H,4,6-9H2,1-3H3. The van der Waals surface area contributed by atoms with Gasteiger partial charge in [-0.05, 0) is 19.8 Å². The second-order valence-corrected chi connectivity index (χ2v) is 3.01. The number of ether oxygens (including phenoxy) is 1. The zero-order valence-electron chi connectivity index (χ0n) is 8.93. The summed E-state index contributed by atoms with van der Waals surface area (Å²) in [4.78, 5) is 11.3. The predicted molar refractivity (Wildman–Crippen MR) is 54.5 cm³/mol. The first-order valence-electron chi connectivity index (χ1n) is 5.08. The van der Waals surface area contributed by atoms with Gasteiger partial charge in [0.1, 0.15) is 0 Å². The number of esters is 1. The molecule has 2 heteroatoms. The average molecular weight is 184 g/mol. The van der Waals surface area contributed by atoms with Crippen molar-refractivity contribution in [1.29, 1.82) is 0 Å². The summed E-state index contributed by atoms with van der Waals surface area (Å²) in [5.41, 5.74) is 0.775. The molecule has 76 valence electrons. The largest absolute Gasteiger partial charge is 0.462 e. The molecule has 2 nitrogen and oxygen atoms in total. The van der Waals surface area contributed by atoms with Crippen molar-refractivity contribution in [2.75, 3.05) is 6.61 Å². The van der Waals surface area contributed by atoms with Crippen LogP contribution in [0.25, 0.3) is 0 Å². The minimum atomic E-state index is -0.152. The Morgan fingerprint density at radius 3 is 2.46 bits per heavy atom. The van der Waals surface area contributed by atoms with Crippen LogP contribution >= 0.6 is 0 Å². The number of rotatable bonds is 6. The summed E-state index contributed by atoms with van der Waals surface area (Å²) >= 11 is 0. The molecular formula is C11H20O2. The van der Waals surface area contributed by atoms with Crippen molar-refractivity contribution < 1.29 is 9.53 Å². The van der Waals surface area contributed by atoms with E-state index in [2.05, 4.69) is 6.92 Å². The number of hydrogen-bond acceptors (Lipinski definition) is 2. The van der Waals surface area contributed by atoms with Crippen molar-refractivity contribution in [3.8, 4) is 0 Å². The molecule has 0 atom stereocenters. The lowest BCUT2D eigenvalue weighted by Crippen LogP contribution is -2.08. The molecule has 0 aliphatic carbocycles. The van der Waals surface area contributed by atoms with Crippen LogP contribution < -0.4 is 0 Å². The third-order valence-corrected chi connectivity index (χ3v) is 1.97. The van der Waals surface area contributed by atoms with Gasteiger partial charge in [-0.1, -0.05) is 32.8 Å². The Morgan fingerprint density at radius 2 is 2.00 bits per heavy atom. The van der Waals surface area contributed by atoms with E-state index in [1.807, 2.05) is 19.9 Å². The zero-order chi connectivity index (χ0) is 10.1. The highest BCUT2D eigenvalue weighted by Gasteiger charge is 2.06. The molecule has 0 aromatic heterocycles. The van der Waals surface area contributed by atoms with E-state index in [0.717, 1.165) is 31.3 Å². The maximum absolute atomic E-state index is 11.3. The van der Waals surface area contributed by atoms with Gasteiger partial charge in [0.25, 0.3) is 0 Å². The molecule has 0 aliphatic rings. The molecular weight excluding hydrogens is 164 g/mol. The van der Waals surface area contributed by atoms with Crippen molar-refractivity contribution in [2.45, 2.75) is 46.5 Å². The van der Waals surface area contributed by atoms with Gasteiger partial charge < -0.3 is 4.74 Å². The number of allylic oxidation sites excluding steroid dienone is 1. The van der Waals surface area contributed by atoms with E-state index >= 15 is 0 Å². The van der Waals surface area contributed by atoms with Gasteiger partial charge in [0, 0.05) is 5.57 Å². The normalized spacial score (nSPS) is 11.5. The van der Waals surface area contributed by atoms with E-state index in [1.165, 1.54) is 0 Å². The van der Waals surface area contributed by atoms with E-state index in [4.69, 9.17) is 4.74 Å². The lowest BCUT2D eigenvalue weighted by atomic mass is 10.2. The Labute approximate surface area is 81.0 Å². The Hall–Kier alpha value is -0.790. The highest BCUT2D eigenvalue weighted by Crippen LogP contribution is 2.04. The molecule has 0 radical (unpaired) electrons. The third kappa shape index (κ3) is 5.45. The minimum Gasteiger partial charge on any atom is -0.462 e. The first-order chi connectivity index (χ1) is 6.26. The molecule has 0 bridgehead atoms. The fraction of sp³-hybridized carbons (Fsp3) is 0.727. The molecule has 0 heterocycles. The van der Waals surface area contributed by atoms with E-state index < -0.39 is 0 Å². The number of hydrogen-bond donors (Lipinski definition) is 0. The van der Waals surface area contributed by atoms with Gasteiger partial charge in [0.05, 0.1) is 6.61 Å². The molecule has 0 N–H and O–H groups in total. The minimum absolute atomic E-state index is 0.152. The van der Waals surface area contributed by atoms with E-state index in [-0.39, 0.29) is 5.97 Å². The van der Waals surface area contributed by atoms with Gasteiger partial charge in [-0.25, -0.2) is 4.79 Å². The second kappa shape index (κ2) is 7.84. The Kier molecular flexibility index (Phi) is 7.36. The lowest BCUT2D eigenvalue weighted by Gasteiger charge is -2.05. The van der Waals surface area contributed by atoms with Crippen LogP contribution in [0.1, 0.15) is 46.5 Å². The Balaban J connectivity index is 3.61. The monoisotopic (exact) mass is 184 g/mol. The fourth-order valence-electron chi connectivity index (χ4n) is 1.08. The fourth-order valence-corrected chi connectivity index (χ4v) is 1.08. The Bertz CT molecular complexity index is 171. The van der Waals surface area contributed by atoms with Gasteiger partial charge in [-0.2, -0.15) is 0 Å². The molecule has 0 spiro atoms. The van der Waals surface area contributed by atoms with Crippen LogP contribution in [0.5, 0.6) is 0 Å². The van der Waals surface area contributed by atoms with Gasteiger partial charge >= 0.3 is 5.97 Å². The smallest absolute Gasteiger partial charge is 0.333 e. The molecule has 0 aliphatic heterocycles. The second-order valence-electron chi connectivity index (χ2n) is 3.01. The molecule has 0 aromatic carbocycles. The average Bonchev–Trinajstić information content (AvgIpc) is 2.14. The van der Waals surface area contributed by atoms with E-state index in [9.17, 15) is 4.79 Å². The quantitative estimate of drug-likeness (QED) is 0.360. The summed E-state index contributed by atoms with van der Waals surface area (Å²) in [6.45, 7) is 6.52. The van der Waals surface area contributed by atoms with E-state index in [1.54, 1.807) is 0 Å². The van der Waals surface area contributed by atoms with Crippen LogP contribution in [-0.4, -0.2) is 12.6 Å². The van der Waals surface area contributed by atoms with Crippen LogP contribution in [-0.2, 0) is 9.53 Å². The molecule has 13 heavy (non-hydrogen) atoms. The van der Waals surface area contributed by atoms with Crippen molar-refractivity contribution in [3.05, 3.63) is 11.6 Å². The molecule has 0 saturated heterocycles. The summed E-state index contributed by atoms with van der Waals surface area (Å²) in [7, 11) is 0. The van der Waals surface area contributed by atoms with Crippen molar-refractivity contribution in [2.24, 2.45) is 0 Å². The number of carbonyl (C=O) groups excluding carboxylic acids is 1. The van der Waals surface area contributed by atoms with Gasteiger partial charge in [-0.3, -0.25) is 0 Å². The van der Waals surface area contributed by atoms with Gasteiger partial charge in [-0.15, -0.1) is 0 Å². The van der Waals surface area contributed by atoms with Gasteiger partial charge in [0.2, 0.25) is 0 Å². The Morgan fingerprint density at radius 1 is 1.31 bits per heavy atom. The molecule has 0 rings (SSSR count). The van der Waals surface area contributed by atoms with Crippen LogP contribution in [0.3, 0.4) is 0 Å². The highest BCUT2D eigenvalue weighted by molar-refractivity contribution is 5.88. The molecule has 0 aromatic rings. The molecule has 0 saturated carbocycles. The van der Waals surface area contributed by atoms with E-state index in [0.29, 0.717) is 6.61 Å².